The number of carbonyl (C=O) groups is 1. The van der Waals surface area contributed by atoms with Crippen LogP contribution < -0.4 is 0 Å². The molecule has 0 saturated heterocycles. The average molecular weight is 373 g/mol. The fourth-order valence-corrected chi connectivity index (χ4v) is 2.24. The summed E-state index contributed by atoms with van der Waals surface area (Å²) in [7, 11) is 0. The smallest absolute Gasteiger partial charge is 0.198 e. The van der Waals surface area contributed by atoms with Gasteiger partial charge in [-0.2, -0.15) is 0 Å². The van der Waals surface area contributed by atoms with E-state index in [0.29, 0.717) is 8.95 Å². The second kappa shape index (κ2) is 5.12. The molecule has 0 aliphatic heterocycles. The number of ketones is 1. The van der Waals surface area contributed by atoms with E-state index in [0.717, 1.165) is 0 Å². The van der Waals surface area contributed by atoms with Crippen LogP contribution in [0.4, 0.5) is 0 Å². The number of hydrogen-bond donors (Lipinski definition) is 2. The van der Waals surface area contributed by atoms with E-state index in [1.165, 1.54) is 24.3 Å². The van der Waals surface area contributed by atoms with Gasteiger partial charge in [0.2, 0.25) is 0 Å². The highest BCUT2D eigenvalue weighted by Gasteiger charge is 2.17. The van der Waals surface area contributed by atoms with Gasteiger partial charge in [-0.3, -0.25) is 4.79 Å². The molecule has 0 fully saturated rings. The third-order valence-corrected chi connectivity index (χ3v) is 3.48. The lowest BCUT2D eigenvalue weighted by Gasteiger charge is -2.07. The Labute approximate surface area is 122 Å². The molecule has 0 amide bonds. The van der Waals surface area contributed by atoms with Crippen molar-refractivity contribution in [1.82, 2.24) is 0 Å². The second-order valence-electron chi connectivity index (χ2n) is 3.57. The summed E-state index contributed by atoms with van der Waals surface area (Å²) in [4.78, 5) is 12.3. The molecule has 0 saturated carbocycles. The number of hydrogen-bond acceptors (Lipinski definition) is 3. The van der Waals surface area contributed by atoms with Gasteiger partial charge in [0, 0.05) is 14.5 Å². The highest BCUT2D eigenvalue weighted by atomic mass is 79.9. The van der Waals surface area contributed by atoms with E-state index in [-0.39, 0.29) is 28.7 Å². The Morgan fingerprint density at radius 3 is 2.56 bits per heavy atom. The van der Waals surface area contributed by atoms with Crippen LogP contribution in [0.2, 0.25) is 0 Å². The monoisotopic (exact) mass is 371 g/mol. The van der Waals surface area contributed by atoms with Gasteiger partial charge in [-0.1, -0.05) is 31.9 Å². The molecule has 5 heteroatoms. The summed E-state index contributed by atoms with van der Waals surface area (Å²) in [5, 5.41) is 19.2. The maximum Gasteiger partial charge on any atom is 0.198 e. The number of carbonyl (C=O) groups excluding carboxylic acids is 1. The standard InChI is InChI=1S/C13H8Br2O3/c14-7-1-4-12(17)10(5-7)13(18)9-6-8(16)2-3-11(9)15/h1-6,16-17H/i2D. The maximum absolute atomic E-state index is 12.3. The van der Waals surface area contributed by atoms with Crippen molar-refractivity contribution in [1.29, 1.82) is 0 Å². The molecule has 0 bridgehead atoms. The number of halogens is 2. The molecule has 0 spiro atoms. The minimum absolute atomic E-state index is 0.0816. The first-order valence-electron chi connectivity index (χ1n) is 5.42. The lowest BCUT2D eigenvalue weighted by molar-refractivity contribution is 0.103. The van der Waals surface area contributed by atoms with Gasteiger partial charge in [-0.05, 0) is 36.4 Å². The van der Waals surface area contributed by atoms with Crippen molar-refractivity contribution >= 4 is 37.6 Å². The predicted molar refractivity (Wildman–Crippen MR) is 75.0 cm³/mol. The normalized spacial score (nSPS) is 11.1. The zero-order valence-corrected chi connectivity index (χ0v) is 12.1. The first-order valence-corrected chi connectivity index (χ1v) is 6.51. The zero-order valence-electron chi connectivity index (χ0n) is 9.95. The Balaban J connectivity index is 2.56. The molecule has 0 heterocycles. The molecule has 18 heavy (non-hydrogen) atoms. The molecular formula is C13H8Br2O3. The van der Waals surface area contributed by atoms with Crippen molar-refractivity contribution in [3.05, 3.63) is 56.4 Å². The summed E-state index contributed by atoms with van der Waals surface area (Å²) < 4.78 is 8.48. The molecule has 0 atom stereocenters. The summed E-state index contributed by atoms with van der Waals surface area (Å²) in [6, 6.07) is 6.97. The first kappa shape index (κ1) is 11.7. The second-order valence-corrected chi connectivity index (χ2v) is 5.34. The quantitative estimate of drug-likeness (QED) is 0.787. The lowest BCUT2D eigenvalue weighted by Crippen LogP contribution is -2.02. The molecule has 2 aromatic carbocycles. The first-order chi connectivity index (χ1) is 8.90. The van der Waals surface area contributed by atoms with Gasteiger partial charge in [-0.25, -0.2) is 0 Å². The summed E-state index contributed by atoms with van der Waals surface area (Å²) in [6.07, 6.45) is 0. The highest BCUT2D eigenvalue weighted by molar-refractivity contribution is 9.10. The summed E-state index contributed by atoms with van der Waals surface area (Å²) in [6.45, 7) is 0. The van der Waals surface area contributed by atoms with Crippen molar-refractivity contribution < 1.29 is 16.4 Å². The minimum atomic E-state index is -0.444. The fraction of sp³-hybridized carbons (Fsp3) is 0. The van der Waals surface area contributed by atoms with Crippen LogP contribution in [0.3, 0.4) is 0 Å². The van der Waals surface area contributed by atoms with Crippen LogP contribution in [0.1, 0.15) is 17.3 Å². The Hall–Kier alpha value is -1.33. The van der Waals surface area contributed by atoms with E-state index >= 15 is 0 Å². The summed E-state index contributed by atoms with van der Waals surface area (Å²) in [5.74, 6) is -0.878. The van der Waals surface area contributed by atoms with E-state index in [2.05, 4.69) is 31.9 Å². The SMILES string of the molecule is [2H]c1cc(Br)c(C(=O)c2cc(Br)ccc2O)cc1O. The maximum atomic E-state index is 12.3. The number of benzene rings is 2. The number of phenols is 2. The van der Waals surface area contributed by atoms with Crippen LogP contribution in [0.5, 0.6) is 11.5 Å². The van der Waals surface area contributed by atoms with E-state index < -0.39 is 5.78 Å². The number of phenolic OH excluding ortho intramolecular Hbond substituents is 2. The third kappa shape index (κ3) is 2.57. The molecule has 0 radical (unpaired) electrons. The molecule has 92 valence electrons. The van der Waals surface area contributed by atoms with Crippen LogP contribution in [0, 0.1) is 0 Å². The van der Waals surface area contributed by atoms with E-state index in [1.54, 1.807) is 6.07 Å². The van der Waals surface area contributed by atoms with Gasteiger partial charge in [-0.15, -0.1) is 0 Å². The van der Waals surface area contributed by atoms with Gasteiger partial charge in [0.1, 0.15) is 11.5 Å². The molecule has 0 aliphatic rings. The zero-order chi connectivity index (χ0) is 14.2. The molecule has 0 unspecified atom stereocenters. The molecule has 2 aromatic rings. The van der Waals surface area contributed by atoms with Crippen LogP contribution >= 0.6 is 31.9 Å². The minimum Gasteiger partial charge on any atom is -0.508 e. The fourth-order valence-electron chi connectivity index (χ4n) is 1.47. The van der Waals surface area contributed by atoms with Crippen LogP contribution in [-0.2, 0) is 0 Å². The summed E-state index contributed by atoms with van der Waals surface area (Å²) in [5.41, 5.74) is 0.300. The molecule has 0 aliphatic carbocycles. The Kier molecular flexibility index (Phi) is 3.34. The van der Waals surface area contributed by atoms with Crippen LogP contribution in [-0.4, -0.2) is 16.0 Å². The Morgan fingerprint density at radius 2 is 1.83 bits per heavy atom. The largest absolute Gasteiger partial charge is 0.508 e. The van der Waals surface area contributed by atoms with Crippen LogP contribution in [0.15, 0.2) is 45.3 Å². The van der Waals surface area contributed by atoms with Gasteiger partial charge < -0.3 is 10.2 Å². The van der Waals surface area contributed by atoms with Crippen molar-refractivity contribution in [2.75, 3.05) is 0 Å². The van der Waals surface area contributed by atoms with E-state index in [1.807, 2.05) is 0 Å². The molecule has 2 N–H and O–H groups in total. The van der Waals surface area contributed by atoms with Crippen molar-refractivity contribution in [2.24, 2.45) is 0 Å². The van der Waals surface area contributed by atoms with Crippen molar-refractivity contribution in [3.8, 4) is 11.5 Å². The number of rotatable bonds is 2. The molecule has 3 nitrogen and oxygen atoms in total. The van der Waals surface area contributed by atoms with Gasteiger partial charge in [0.15, 0.2) is 5.78 Å². The van der Waals surface area contributed by atoms with Crippen molar-refractivity contribution in [3.63, 3.8) is 0 Å². The van der Waals surface area contributed by atoms with Gasteiger partial charge >= 0.3 is 0 Å². The number of aromatic hydroxyl groups is 2. The van der Waals surface area contributed by atoms with E-state index in [9.17, 15) is 15.0 Å². The van der Waals surface area contributed by atoms with Crippen LogP contribution in [0.25, 0.3) is 0 Å². The third-order valence-electron chi connectivity index (χ3n) is 2.33. The Morgan fingerprint density at radius 1 is 1.11 bits per heavy atom. The van der Waals surface area contributed by atoms with Gasteiger partial charge in [0.25, 0.3) is 0 Å². The Bertz CT molecular complexity index is 671. The lowest BCUT2D eigenvalue weighted by atomic mass is 10.0. The van der Waals surface area contributed by atoms with Gasteiger partial charge in [0.05, 0.1) is 6.93 Å². The highest BCUT2D eigenvalue weighted by Crippen LogP contribution is 2.29. The van der Waals surface area contributed by atoms with E-state index in [4.69, 9.17) is 1.37 Å². The van der Waals surface area contributed by atoms with Crippen molar-refractivity contribution in [2.45, 2.75) is 0 Å². The topological polar surface area (TPSA) is 57.5 Å². The molecule has 0 aromatic heterocycles. The average Bonchev–Trinajstić information content (AvgIpc) is 2.36. The molecule has 2 rings (SSSR count). The predicted octanol–water partition coefficient (Wildman–Crippen LogP) is 3.85. The summed E-state index contributed by atoms with van der Waals surface area (Å²) >= 11 is 6.40. The molecular weight excluding hydrogens is 364 g/mol.